The summed E-state index contributed by atoms with van der Waals surface area (Å²) < 4.78 is 9.65. The molecule has 0 aliphatic carbocycles. The number of ether oxygens (including phenoxy) is 2. The number of para-hydroxylation sites is 1. The van der Waals surface area contributed by atoms with Gasteiger partial charge in [0.05, 0.1) is 0 Å². The number of carbonyl (C=O) groups excluding carboxylic acids is 1. The van der Waals surface area contributed by atoms with Crippen LogP contribution in [0.2, 0.25) is 0 Å². The lowest BCUT2D eigenvalue weighted by atomic mass is 10.2. The molecule has 0 aliphatic heterocycles. The summed E-state index contributed by atoms with van der Waals surface area (Å²) in [5, 5.41) is 20.9. The minimum atomic E-state index is -1.27. The Morgan fingerprint density at radius 1 is 1.37 bits per heavy atom. The van der Waals surface area contributed by atoms with E-state index in [1.54, 1.807) is 0 Å². The molecule has 0 saturated carbocycles. The van der Waals surface area contributed by atoms with Gasteiger partial charge in [-0.05, 0) is 18.6 Å². The van der Waals surface area contributed by atoms with Crippen LogP contribution in [-0.4, -0.2) is 35.6 Å². The fourth-order valence-corrected chi connectivity index (χ4v) is 1.24. The third-order valence-electron chi connectivity index (χ3n) is 2.15. The zero-order valence-electron chi connectivity index (χ0n) is 10.4. The first kappa shape index (κ1) is 14.6. The van der Waals surface area contributed by atoms with Crippen LogP contribution >= 0.6 is 0 Å². The molecule has 0 aliphatic rings. The summed E-state index contributed by atoms with van der Waals surface area (Å²) in [6.45, 7) is 1.96. The van der Waals surface area contributed by atoms with Crippen molar-refractivity contribution in [2.75, 3.05) is 13.3 Å². The van der Waals surface area contributed by atoms with Crippen LogP contribution < -0.4 is 10.1 Å². The summed E-state index contributed by atoms with van der Waals surface area (Å²) in [6.07, 6.45) is 0.132. The number of amides is 1. The lowest BCUT2D eigenvalue weighted by molar-refractivity contribution is 0.0568. The molecular weight excluding hydrogens is 254 g/mol. The van der Waals surface area contributed by atoms with E-state index in [4.69, 9.17) is 9.84 Å². The van der Waals surface area contributed by atoms with E-state index in [0.717, 1.165) is 6.42 Å². The molecule has 0 aromatic heterocycles. The van der Waals surface area contributed by atoms with Gasteiger partial charge in [0.15, 0.2) is 11.5 Å². The van der Waals surface area contributed by atoms with Gasteiger partial charge in [-0.1, -0.05) is 13.0 Å². The van der Waals surface area contributed by atoms with E-state index in [-0.39, 0.29) is 11.3 Å². The van der Waals surface area contributed by atoms with E-state index in [0.29, 0.717) is 6.54 Å². The third-order valence-corrected chi connectivity index (χ3v) is 2.15. The summed E-state index contributed by atoms with van der Waals surface area (Å²) in [5.41, 5.74) is -0.284. The molecule has 7 nitrogen and oxygen atoms in total. The number of hydrogen-bond acceptors (Lipinski definition) is 5. The minimum Gasteiger partial charge on any atom is -0.504 e. The van der Waals surface area contributed by atoms with Gasteiger partial charge in [0.1, 0.15) is 5.56 Å². The minimum absolute atomic E-state index is 0.0665. The normalized spacial score (nSPS) is 9.74. The molecule has 0 fully saturated rings. The molecular formula is C12H15NO6. The second kappa shape index (κ2) is 7.10. The van der Waals surface area contributed by atoms with Crippen LogP contribution in [0, 0.1) is 0 Å². The van der Waals surface area contributed by atoms with E-state index in [2.05, 4.69) is 10.1 Å². The van der Waals surface area contributed by atoms with E-state index in [1.165, 1.54) is 18.2 Å². The first-order chi connectivity index (χ1) is 9.06. The molecule has 0 spiro atoms. The average molecular weight is 269 g/mol. The highest BCUT2D eigenvalue weighted by molar-refractivity contribution is 5.91. The highest BCUT2D eigenvalue weighted by Gasteiger charge is 2.14. The monoisotopic (exact) mass is 269 g/mol. The fraction of sp³-hybridized carbons (Fsp3) is 0.333. The molecule has 0 saturated heterocycles. The van der Waals surface area contributed by atoms with Gasteiger partial charge < -0.3 is 25.0 Å². The largest absolute Gasteiger partial charge is 0.504 e. The number of hydrogen-bond donors (Lipinski definition) is 3. The Bertz CT molecular complexity index is 460. The average Bonchev–Trinajstić information content (AvgIpc) is 2.38. The van der Waals surface area contributed by atoms with Crippen LogP contribution in [0.25, 0.3) is 0 Å². The Labute approximate surface area is 109 Å². The molecule has 19 heavy (non-hydrogen) atoms. The molecule has 104 valence electrons. The topological polar surface area (TPSA) is 105 Å². The van der Waals surface area contributed by atoms with Crippen LogP contribution in [0.5, 0.6) is 11.5 Å². The number of alkyl carbamates (subject to hydrolysis) is 1. The summed E-state index contributed by atoms with van der Waals surface area (Å²) in [4.78, 5) is 21.8. The summed E-state index contributed by atoms with van der Waals surface area (Å²) in [5.74, 6) is -1.85. The van der Waals surface area contributed by atoms with Crippen molar-refractivity contribution in [2.45, 2.75) is 13.3 Å². The Balaban J connectivity index is 2.52. The van der Waals surface area contributed by atoms with Crippen LogP contribution in [0.1, 0.15) is 23.7 Å². The molecule has 0 radical (unpaired) electrons. The Morgan fingerprint density at radius 3 is 2.74 bits per heavy atom. The molecule has 0 bridgehead atoms. The van der Waals surface area contributed by atoms with Gasteiger partial charge in [0.25, 0.3) is 0 Å². The molecule has 0 atom stereocenters. The lowest BCUT2D eigenvalue weighted by Gasteiger charge is -2.10. The zero-order chi connectivity index (χ0) is 14.3. The number of aromatic carboxylic acids is 1. The predicted octanol–water partition coefficient (Wildman–Crippen LogP) is 1.56. The van der Waals surface area contributed by atoms with Crippen molar-refractivity contribution in [1.29, 1.82) is 0 Å². The van der Waals surface area contributed by atoms with Crippen LogP contribution in [0.4, 0.5) is 4.79 Å². The third kappa shape index (κ3) is 4.38. The van der Waals surface area contributed by atoms with Crippen LogP contribution in [0.3, 0.4) is 0 Å². The molecule has 3 N–H and O–H groups in total. The first-order valence-corrected chi connectivity index (χ1v) is 5.65. The van der Waals surface area contributed by atoms with Crippen molar-refractivity contribution in [3.05, 3.63) is 23.8 Å². The summed E-state index contributed by atoms with van der Waals surface area (Å²) in [7, 11) is 0. The fourth-order valence-electron chi connectivity index (χ4n) is 1.24. The Kier molecular flexibility index (Phi) is 5.46. The molecule has 0 unspecified atom stereocenters. The second-order valence-corrected chi connectivity index (χ2v) is 3.58. The number of benzene rings is 1. The maximum atomic E-state index is 11.1. The molecule has 1 aromatic carbocycles. The van der Waals surface area contributed by atoms with E-state index in [9.17, 15) is 14.7 Å². The Hall–Kier alpha value is -2.44. The van der Waals surface area contributed by atoms with E-state index >= 15 is 0 Å². The van der Waals surface area contributed by atoms with Crippen molar-refractivity contribution in [3.63, 3.8) is 0 Å². The standard InChI is InChI=1S/C12H15NO6/c1-2-6-13-12(17)19-7-18-9-5-3-4-8(10(9)14)11(15)16/h3-5,14H,2,6-7H2,1H3,(H,13,17)(H,15,16). The number of rotatable bonds is 6. The van der Waals surface area contributed by atoms with Crippen molar-refractivity contribution in [1.82, 2.24) is 5.32 Å². The van der Waals surface area contributed by atoms with Crippen LogP contribution in [-0.2, 0) is 4.74 Å². The smallest absolute Gasteiger partial charge is 0.410 e. The second-order valence-electron chi connectivity index (χ2n) is 3.58. The first-order valence-electron chi connectivity index (χ1n) is 5.65. The summed E-state index contributed by atoms with van der Waals surface area (Å²) >= 11 is 0. The maximum Gasteiger partial charge on any atom is 0.410 e. The highest BCUT2D eigenvalue weighted by Crippen LogP contribution is 2.29. The molecule has 7 heteroatoms. The van der Waals surface area contributed by atoms with Crippen molar-refractivity contribution >= 4 is 12.1 Å². The summed E-state index contributed by atoms with van der Waals surface area (Å²) in [6, 6.07) is 4.02. The zero-order valence-corrected chi connectivity index (χ0v) is 10.4. The number of nitrogens with one attached hydrogen (secondary N) is 1. The number of aromatic hydroxyl groups is 1. The van der Waals surface area contributed by atoms with Gasteiger partial charge >= 0.3 is 12.1 Å². The molecule has 1 amide bonds. The van der Waals surface area contributed by atoms with E-state index < -0.39 is 24.6 Å². The number of phenols is 1. The number of carbonyl (C=O) groups is 2. The quantitative estimate of drug-likeness (QED) is 0.677. The van der Waals surface area contributed by atoms with Gasteiger partial charge in [-0.3, -0.25) is 0 Å². The molecule has 1 rings (SSSR count). The van der Waals surface area contributed by atoms with E-state index in [1.807, 2.05) is 6.92 Å². The van der Waals surface area contributed by atoms with Gasteiger partial charge in [-0.2, -0.15) is 0 Å². The SMILES string of the molecule is CCCNC(=O)OCOc1cccc(C(=O)O)c1O. The van der Waals surface area contributed by atoms with Gasteiger partial charge in [0.2, 0.25) is 6.79 Å². The maximum absolute atomic E-state index is 11.1. The van der Waals surface area contributed by atoms with Gasteiger partial charge in [0, 0.05) is 6.54 Å². The van der Waals surface area contributed by atoms with Gasteiger partial charge in [-0.25, -0.2) is 9.59 Å². The Morgan fingerprint density at radius 2 is 2.11 bits per heavy atom. The molecule has 0 heterocycles. The number of carboxylic acids is 1. The number of carboxylic acid groups (broad SMARTS) is 1. The van der Waals surface area contributed by atoms with Gasteiger partial charge in [-0.15, -0.1) is 0 Å². The van der Waals surface area contributed by atoms with Crippen molar-refractivity contribution in [3.8, 4) is 11.5 Å². The van der Waals surface area contributed by atoms with Crippen molar-refractivity contribution in [2.24, 2.45) is 0 Å². The lowest BCUT2D eigenvalue weighted by Crippen LogP contribution is -2.26. The predicted molar refractivity (Wildman–Crippen MR) is 65.3 cm³/mol. The molecule has 1 aromatic rings. The van der Waals surface area contributed by atoms with Crippen molar-refractivity contribution < 1.29 is 29.3 Å². The van der Waals surface area contributed by atoms with Crippen LogP contribution in [0.15, 0.2) is 18.2 Å². The highest BCUT2D eigenvalue weighted by atomic mass is 16.7.